The Hall–Kier alpha value is -1.11. The molecule has 0 fully saturated rings. The number of nitrogens with one attached hydrogen (secondary N) is 1. The quantitative estimate of drug-likeness (QED) is 0.458. The second kappa shape index (κ2) is 3.91. The summed E-state index contributed by atoms with van der Waals surface area (Å²) in [7, 11) is 0. The topological polar surface area (TPSA) is 23.9 Å². The van der Waals surface area contributed by atoms with E-state index in [0.717, 1.165) is 18.4 Å². The monoisotopic (exact) mass is 147 g/mol. The second-order valence-electron chi connectivity index (χ2n) is 2.61. The maximum Gasteiger partial charge on any atom is 0.0362 e. The summed E-state index contributed by atoms with van der Waals surface area (Å²) >= 11 is 0. The molecule has 1 atom stereocenters. The van der Waals surface area contributed by atoms with Crippen LogP contribution in [-0.4, -0.2) is 6.21 Å². The van der Waals surface area contributed by atoms with Crippen molar-refractivity contribution in [1.82, 2.24) is 0 Å². The molecule has 1 nitrogen and oxygen atoms in total. The Bertz CT molecular complexity index is 211. The van der Waals surface area contributed by atoms with Gasteiger partial charge in [-0.3, -0.25) is 0 Å². The number of hydrogen-bond acceptors (Lipinski definition) is 1. The third-order valence-corrected chi connectivity index (χ3v) is 1.86. The third-order valence-electron chi connectivity index (χ3n) is 1.86. The zero-order chi connectivity index (χ0) is 8.10. The van der Waals surface area contributed by atoms with Gasteiger partial charge in [-0.1, -0.05) is 30.9 Å². The van der Waals surface area contributed by atoms with Crippen LogP contribution in [-0.2, 0) is 0 Å². The van der Waals surface area contributed by atoms with Crippen molar-refractivity contribution in [2.24, 2.45) is 5.92 Å². The van der Waals surface area contributed by atoms with Crippen LogP contribution in [0.4, 0.5) is 0 Å². The van der Waals surface area contributed by atoms with Crippen molar-refractivity contribution >= 4 is 6.21 Å². The Morgan fingerprint density at radius 2 is 2.36 bits per heavy atom. The molecule has 11 heavy (non-hydrogen) atoms. The fourth-order valence-corrected chi connectivity index (χ4v) is 1.21. The zero-order valence-corrected chi connectivity index (χ0v) is 6.59. The maximum absolute atomic E-state index is 7.16. The number of allylic oxidation sites excluding steroid dienone is 5. The molecule has 0 aromatic rings. The van der Waals surface area contributed by atoms with E-state index in [9.17, 15) is 0 Å². The van der Waals surface area contributed by atoms with Gasteiger partial charge in [0.15, 0.2) is 0 Å². The molecule has 0 bridgehead atoms. The standard InChI is InChI=1S/C10H13N/c1-2-9-6-4-3-5-7-10(9)8-11/h2,5-8,10-11H,1,3-4H2/t10-/m1/s1. The highest BCUT2D eigenvalue weighted by molar-refractivity contribution is 5.66. The highest BCUT2D eigenvalue weighted by atomic mass is 14.3. The zero-order valence-electron chi connectivity index (χ0n) is 6.59. The van der Waals surface area contributed by atoms with E-state index < -0.39 is 0 Å². The molecule has 0 aliphatic heterocycles. The van der Waals surface area contributed by atoms with Gasteiger partial charge in [-0.25, -0.2) is 0 Å². The van der Waals surface area contributed by atoms with Gasteiger partial charge in [-0.2, -0.15) is 0 Å². The van der Waals surface area contributed by atoms with Gasteiger partial charge < -0.3 is 5.41 Å². The van der Waals surface area contributed by atoms with Crippen molar-refractivity contribution < 1.29 is 0 Å². The molecule has 0 radical (unpaired) electrons. The van der Waals surface area contributed by atoms with Gasteiger partial charge in [0.05, 0.1) is 0 Å². The largest absolute Gasteiger partial charge is 0.312 e. The van der Waals surface area contributed by atoms with E-state index in [-0.39, 0.29) is 5.92 Å². The highest BCUT2D eigenvalue weighted by Crippen LogP contribution is 2.17. The molecule has 0 unspecified atom stereocenters. The Kier molecular flexibility index (Phi) is 2.84. The molecule has 0 spiro atoms. The van der Waals surface area contributed by atoms with Gasteiger partial charge in [0.2, 0.25) is 0 Å². The smallest absolute Gasteiger partial charge is 0.0362 e. The minimum atomic E-state index is 0.162. The fraction of sp³-hybridized carbons (Fsp3) is 0.300. The van der Waals surface area contributed by atoms with Crippen LogP contribution in [0, 0.1) is 11.3 Å². The second-order valence-corrected chi connectivity index (χ2v) is 2.61. The first-order valence-electron chi connectivity index (χ1n) is 3.88. The van der Waals surface area contributed by atoms with E-state index in [2.05, 4.69) is 24.8 Å². The molecule has 58 valence electrons. The summed E-state index contributed by atoms with van der Waals surface area (Å²) in [4.78, 5) is 0. The van der Waals surface area contributed by atoms with Gasteiger partial charge in [0, 0.05) is 12.1 Å². The molecular weight excluding hydrogens is 134 g/mol. The lowest BCUT2D eigenvalue weighted by atomic mass is 10.0. The van der Waals surface area contributed by atoms with Crippen molar-refractivity contribution in [2.75, 3.05) is 0 Å². The molecule has 0 heterocycles. The molecule has 1 heteroatoms. The summed E-state index contributed by atoms with van der Waals surface area (Å²) in [6, 6.07) is 0. The molecular formula is C10H13N. The third kappa shape index (κ3) is 1.90. The van der Waals surface area contributed by atoms with E-state index in [1.165, 1.54) is 6.21 Å². The fourth-order valence-electron chi connectivity index (χ4n) is 1.21. The first kappa shape index (κ1) is 7.99. The van der Waals surface area contributed by atoms with Crippen molar-refractivity contribution in [3.05, 3.63) is 36.5 Å². The lowest BCUT2D eigenvalue weighted by Crippen LogP contribution is -1.98. The van der Waals surface area contributed by atoms with E-state index in [1.807, 2.05) is 6.08 Å². The Morgan fingerprint density at radius 1 is 1.55 bits per heavy atom. The minimum absolute atomic E-state index is 0.162. The predicted octanol–water partition coefficient (Wildman–Crippen LogP) is 2.71. The molecule has 1 aliphatic rings. The van der Waals surface area contributed by atoms with Crippen molar-refractivity contribution in [3.8, 4) is 0 Å². The van der Waals surface area contributed by atoms with Crippen LogP contribution in [0.15, 0.2) is 36.5 Å². The first-order chi connectivity index (χ1) is 5.38. The molecule has 0 aromatic heterocycles. The van der Waals surface area contributed by atoms with E-state index >= 15 is 0 Å². The number of hydrogen-bond donors (Lipinski definition) is 1. The Balaban J connectivity index is 2.84. The van der Waals surface area contributed by atoms with Crippen LogP contribution in [0.3, 0.4) is 0 Å². The summed E-state index contributed by atoms with van der Waals surface area (Å²) < 4.78 is 0. The van der Waals surface area contributed by atoms with Crippen molar-refractivity contribution in [1.29, 1.82) is 5.41 Å². The predicted molar refractivity (Wildman–Crippen MR) is 48.9 cm³/mol. The summed E-state index contributed by atoms with van der Waals surface area (Å²) in [6.07, 6.45) is 11.8. The van der Waals surface area contributed by atoms with Crippen LogP contribution in [0.5, 0.6) is 0 Å². The lowest BCUT2D eigenvalue weighted by molar-refractivity contribution is 1.05. The summed E-state index contributed by atoms with van der Waals surface area (Å²) in [5.74, 6) is 0.162. The highest BCUT2D eigenvalue weighted by Gasteiger charge is 2.05. The van der Waals surface area contributed by atoms with E-state index in [4.69, 9.17) is 5.41 Å². The molecule has 0 aromatic carbocycles. The van der Waals surface area contributed by atoms with Gasteiger partial charge in [0.25, 0.3) is 0 Å². The van der Waals surface area contributed by atoms with Crippen molar-refractivity contribution in [2.45, 2.75) is 12.8 Å². The van der Waals surface area contributed by atoms with Crippen molar-refractivity contribution in [3.63, 3.8) is 0 Å². The number of rotatable bonds is 2. The molecule has 1 rings (SSSR count). The lowest BCUT2D eigenvalue weighted by Gasteiger charge is -2.04. The summed E-state index contributed by atoms with van der Waals surface area (Å²) in [5.41, 5.74) is 1.16. The molecule has 0 saturated heterocycles. The van der Waals surface area contributed by atoms with Gasteiger partial charge in [-0.15, -0.1) is 0 Å². The van der Waals surface area contributed by atoms with Gasteiger partial charge >= 0.3 is 0 Å². The molecule has 0 saturated carbocycles. The SMILES string of the molecule is C=CC1=CCCC=C[C@@H]1C=N. The minimum Gasteiger partial charge on any atom is -0.312 e. The molecule has 1 aliphatic carbocycles. The van der Waals surface area contributed by atoms with Gasteiger partial charge in [-0.05, 0) is 18.4 Å². The summed E-state index contributed by atoms with van der Waals surface area (Å²) in [5, 5.41) is 7.16. The van der Waals surface area contributed by atoms with Crippen LogP contribution < -0.4 is 0 Å². The van der Waals surface area contributed by atoms with Crippen LogP contribution in [0.2, 0.25) is 0 Å². The van der Waals surface area contributed by atoms with Crippen LogP contribution in [0.1, 0.15) is 12.8 Å². The van der Waals surface area contributed by atoms with Crippen LogP contribution in [0.25, 0.3) is 0 Å². The normalized spacial score (nSPS) is 23.6. The van der Waals surface area contributed by atoms with Crippen LogP contribution >= 0.6 is 0 Å². The van der Waals surface area contributed by atoms with E-state index in [1.54, 1.807) is 0 Å². The van der Waals surface area contributed by atoms with Gasteiger partial charge in [0.1, 0.15) is 0 Å². The molecule has 0 amide bonds. The average Bonchev–Trinajstić information content (AvgIpc) is 2.27. The summed E-state index contributed by atoms with van der Waals surface area (Å²) in [6.45, 7) is 3.72. The first-order valence-corrected chi connectivity index (χ1v) is 3.88. The average molecular weight is 147 g/mol. The maximum atomic E-state index is 7.16. The molecule has 1 N–H and O–H groups in total. The Labute approximate surface area is 67.6 Å². The van der Waals surface area contributed by atoms with E-state index in [0.29, 0.717) is 0 Å². The Morgan fingerprint density at radius 3 is 3.00 bits per heavy atom.